The topological polar surface area (TPSA) is 76.5 Å². The van der Waals surface area contributed by atoms with Gasteiger partial charge in [0.1, 0.15) is 11.3 Å². The lowest BCUT2D eigenvalue weighted by Crippen LogP contribution is -2.24. The number of aromatic nitrogens is 1. The highest BCUT2D eigenvalue weighted by Gasteiger charge is 2.16. The molecule has 5 nitrogen and oxygen atoms in total. The van der Waals surface area contributed by atoms with Gasteiger partial charge in [-0.3, -0.25) is 4.79 Å². The molecule has 0 spiro atoms. The number of thioether (sulfide) groups is 1. The van der Waals surface area contributed by atoms with Crippen LogP contribution in [-0.4, -0.2) is 33.4 Å². The van der Waals surface area contributed by atoms with E-state index in [0.29, 0.717) is 0 Å². The molecule has 1 N–H and O–H groups in total. The van der Waals surface area contributed by atoms with Gasteiger partial charge in [-0.05, 0) is 32.9 Å². The van der Waals surface area contributed by atoms with Crippen LogP contribution in [0.5, 0.6) is 0 Å². The van der Waals surface area contributed by atoms with Crippen molar-refractivity contribution >= 4 is 23.7 Å². The second kappa shape index (κ2) is 5.86. The molecule has 0 fully saturated rings. The number of hydrogen-bond donors (Lipinski definition) is 1. The summed E-state index contributed by atoms with van der Waals surface area (Å²) in [6.07, 6.45) is 1.43. The van der Waals surface area contributed by atoms with Gasteiger partial charge in [-0.2, -0.15) is 0 Å². The van der Waals surface area contributed by atoms with Crippen LogP contribution >= 0.6 is 11.8 Å². The first-order valence-electron chi connectivity index (χ1n) is 5.32. The molecule has 0 aromatic carbocycles. The zero-order valence-electron chi connectivity index (χ0n) is 10.5. The highest BCUT2D eigenvalue weighted by molar-refractivity contribution is 8.00. The number of carboxylic acids is 1. The second-order valence-corrected chi connectivity index (χ2v) is 5.61. The fourth-order valence-corrected chi connectivity index (χ4v) is 1.74. The molecule has 18 heavy (non-hydrogen) atoms. The third-order valence-corrected chi connectivity index (χ3v) is 2.69. The predicted octanol–water partition coefficient (Wildman–Crippen LogP) is 2.21. The van der Waals surface area contributed by atoms with Gasteiger partial charge in [-0.1, -0.05) is 0 Å². The van der Waals surface area contributed by atoms with Gasteiger partial charge in [-0.15, -0.1) is 11.8 Å². The largest absolute Gasteiger partial charge is 0.477 e. The summed E-state index contributed by atoms with van der Waals surface area (Å²) in [6.45, 7) is 5.41. The summed E-state index contributed by atoms with van der Waals surface area (Å²) < 4.78 is 5.15. The lowest BCUT2D eigenvalue weighted by atomic mass is 10.2. The quantitative estimate of drug-likeness (QED) is 0.667. The molecular weight excluding hydrogens is 254 g/mol. The molecule has 0 aliphatic rings. The van der Waals surface area contributed by atoms with Gasteiger partial charge >= 0.3 is 11.9 Å². The Morgan fingerprint density at radius 1 is 1.39 bits per heavy atom. The van der Waals surface area contributed by atoms with Gasteiger partial charge in [0.25, 0.3) is 0 Å². The minimum Gasteiger partial charge on any atom is -0.477 e. The smallest absolute Gasteiger partial charge is 0.354 e. The zero-order chi connectivity index (χ0) is 13.8. The van der Waals surface area contributed by atoms with Crippen molar-refractivity contribution in [3.05, 3.63) is 24.0 Å². The van der Waals surface area contributed by atoms with Crippen LogP contribution in [0.2, 0.25) is 0 Å². The highest BCUT2D eigenvalue weighted by Crippen LogP contribution is 2.18. The summed E-state index contributed by atoms with van der Waals surface area (Å²) in [4.78, 5) is 26.5. The number of carboxylic acid groups (broad SMARTS) is 1. The number of carbonyl (C=O) groups is 2. The number of pyridine rings is 1. The lowest BCUT2D eigenvalue weighted by molar-refractivity contribution is -0.151. The second-order valence-electron chi connectivity index (χ2n) is 4.56. The molecule has 0 unspecified atom stereocenters. The van der Waals surface area contributed by atoms with E-state index in [1.807, 2.05) is 0 Å². The molecule has 1 aromatic heterocycles. The zero-order valence-corrected chi connectivity index (χ0v) is 11.3. The Bertz CT molecular complexity index is 436. The predicted molar refractivity (Wildman–Crippen MR) is 67.8 cm³/mol. The van der Waals surface area contributed by atoms with Gasteiger partial charge in [0.05, 0.1) is 5.75 Å². The average molecular weight is 269 g/mol. The highest BCUT2D eigenvalue weighted by atomic mass is 32.2. The van der Waals surface area contributed by atoms with E-state index in [4.69, 9.17) is 9.84 Å². The molecule has 1 aromatic rings. The Morgan fingerprint density at radius 3 is 2.50 bits per heavy atom. The Hall–Kier alpha value is -1.56. The maximum atomic E-state index is 11.4. The molecule has 1 heterocycles. The van der Waals surface area contributed by atoms with Gasteiger partial charge in [0.2, 0.25) is 0 Å². The number of carbonyl (C=O) groups excluding carboxylic acids is 1. The Labute approximate surface area is 110 Å². The first-order valence-corrected chi connectivity index (χ1v) is 6.30. The first kappa shape index (κ1) is 14.5. The summed E-state index contributed by atoms with van der Waals surface area (Å²) in [7, 11) is 0. The number of nitrogens with zero attached hydrogens (tertiary/aromatic N) is 1. The van der Waals surface area contributed by atoms with Crippen LogP contribution in [-0.2, 0) is 9.53 Å². The summed E-state index contributed by atoms with van der Waals surface area (Å²) in [5, 5.41) is 8.68. The van der Waals surface area contributed by atoms with Crippen LogP contribution in [0, 0.1) is 0 Å². The van der Waals surface area contributed by atoms with Crippen molar-refractivity contribution in [1.82, 2.24) is 4.98 Å². The summed E-state index contributed by atoms with van der Waals surface area (Å²) in [5.41, 5.74) is -0.514. The van der Waals surface area contributed by atoms with Crippen molar-refractivity contribution in [3.63, 3.8) is 0 Å². The number of esters is 1. The van der Waals surface area contributed by atoms with E-state index >= 15 is 0 Å². The Balaban J connectivity index is 2.49. The Morgan fingerprint density at radius 2 is 2.06 bits per heavy atom. The van der Waals surface area contributed by atoms with Crippen LogP contribution in [0.15, 0.2) is 23.2 Å². The van der Waals surface area contributed by atoms with E-state index in [2.05, 4.69) is 4.98 Å². The van der Waals surface area contributed by atoms with Crippen LogP contribution in [0.1, 0.15) is 31.3 Å². The first-order chi connectivity index (χ1) is 8.28. The van der Waals surface area contributed by atoms with E-state index < -0.39 is 11.6 Å². The minimum absolute atomic E-state index is 0.0170. The van der Waals surface area contributed by atoms with Gasteiger partial charge < -0.3 is 9.84 Å². The van der Waals surface area contributed by atoms with E-state index in [1.54, 1.807) is 26.8 Å². The molecule has 0 saturated carbocycles. The molecule has 0 radical (unpaired) electrons. The molecule has 0 aliphatic heterocycles. The molecule has 0 bridgehead atoms. The van der Waals surface area contributed by atoms with Crippen LogP contribution in [0.25, 0.3) is 0 Å². The summed E-state index contributed by atoms with van der Waals surface area (Å²) in [6, 6.07) is 3.02. The average Bonchev–Trinajstić information content (AvgIpc) is 2.24. The normalized spacial score (nSPS) is 11.1. The number of ether oxygens (including phenoxy) is 1. The van der Waals surface area contributed by atoms with Crippen LogP contribution < -0.4 is 0 Å². The third kappa shape index (κ3) is 5.18. The van der Waals surface area contributed by atoms with Gasteiger partial charge in [0.15, 0.2) is 0 Å². The molecule has 6 heteroatoms. The number of aromatic carboxylic acids is 1. The molecular formula is C12H15NO4S. The fourth-order valence-electron chi connectivity index (χ4n) is 1.11. The van der Waals surface area contributed by atoms with Crippen LogP contribution in [0.3, 0.4) is 0 Å². The van der Waals surface area contributed by atoms with Gasteiger partial charge in [-0.25, -0.2) is 9.78 Å². The summed E-state index contributed by atoms with van der Waals surface area (Å²) in [5.74, 6) is -1.21. The standard InChI is InChI=1S/C12H15NO4S/c1-12(2,3)17-10(14)7-18-8-4-5-9(11(15)16)13-6-8/h4-6H,7H2,1-3H3,(H,15,16). The van der Waals surface area contributed by atoms with Crippen molar-refractivity contribution in [2.75, 3.05) is 5.75 Å². The number of hydrogen-bond acceptors (Lipinski definition) is 5. The van der Waals surface area contributed by atoms with E-state index in [-0.39, 0.29) is 17.4 Å². The monoisotopic (exact) mass is 269 g/mol. The van der Waals surface area contributed by atoms with E-state index in [0.717, 1.165) is 4.90 Å². The van der Waals surface area contributed by atoms with E-state index in [9.17, 15) is 9.59 Å². The molecule has 0 saturated heterocycles. The van der Waals surface area contributed by atoms with Crippen molar-refractivity contribution in [2.45, 2.75) is 31.3 Å². The third-order valence-electron chi connectivity index (χ3n) is 1.73. The molecule has 1 rings (SSSR count). The van der Waals surface area contributed by atoms with Gasteiger partial charge in [0, 0.05) is 11.1 Å². The summed E-state index contributed by atoms with van der Waals surface area (Å²) >= 11 is 1.26. The SMILES string of the molecule is CC(C)(C)OC(=O)CSc1ccc(C(=O)O)nc1. The molecule has 0 atom stereocenters. The lowest BCUT2D eigenvalue weighted by Gasteiger charge is -2.19. The Kier molecular flexibility index (Phi) is 4.72. The molecule has 0 aliphatic carbocycles. The maximum Gasteiger partial charge on any atom is 0.354 e. The van der Waals surface area contributed by atoms with Crippen molar-refractivity contribution in [2.24, 2.45) is 0 Å². The van der Waals surface area contributed by atoms with Crippen LogP contribution in [0.4, 0.5) is 0 Å². The molecule has 0 amide bonds. The minimum atomic E-state index is -1.07. The van der Waals surface area contributed by atoms with Crippen molar-refractivity contribution in [1.29, 1.82) is 0 Å². The van der Waals surface area contributed by atoms with E-state index in [1.165, 1.54) is 24.0 Å². The number of rotatable bonds is 4. The molecule has 98 valence electrons. The van der Waals surface area contributed by atoms with Crippen molar-refractivity contribution in [3.8, 4) is 0 Å². The fraction of sp³-hybridized carbons (Fsp3) is 0.417. The maximum absolute atomic E-state index is 11.4. The van der Waals surface area contributed by atoms with Crippen molar-refractivity contribution < 1.29 is 19.4 Å².